The highest BCUT2D eigenvalue weighted by atomic mass is 35.5. The second-order valence-corrected chi connectivity index (χ2v) is 6.16. The number of rotatable bonds is 4. The van der Waals surface area contributed by atoms with Gasteiger partial charge in [0.15, 0.2) is 0 Å². The topological polar surface area (TPSA) is 21.3 Å². The molecule has 0 aromatic heterocycles. The van der Waals surface area contributed by atoms with Crippen molar-refractivity contribution in [3.63, 3.8) is 0 Å². The molecular formula is C16H24ClNO. The van der Waals surface area contributed by atoms with Gasteiger partial charge in [0.1, 0.15) is 5.75 Å². The predicted molar refractivity (Wildman–Crippen MR) is 82.2 cm³/mol. The molecule has 0 saturated heterocycles. The molecule has 2 nitrogen and oxygen atoms in total. The van der Waals surface area contributed by atoms with Crippen LogP contribution in [0.15, 0.2) is 18.2 Å². The van der Waals surface area contributed by atoms with Crippen molar-refractivity contribution in [1.82, 2.24) is 0 Å². The Kier molecular flexibility index (Phi) is 4.98. The minimum absolute atomic E-state index is 0.515. The first-order valence-corrected chi connectivity index (χ1v) is 7.66. The summed E-state index contributed by atoms with van der Waals surface area (Å²) in [5.41, 5.74) is 1.03. The first-order valence-electron chi connectivity index (χ1n) is 7.29. The third-order valence-electron chi connectivity index (χ3n) is 4.04. The summed E-state index contributed by atoms with van der Waals surface area (Å²) >= 11 is 6.10. The van der Waals surface area contributed by atoms with Gasteiger partial charge in [-0.15, -0.1) is 0 Å². The molecule has 19 heavy (non-hydrogen) atoms. The number of hydrogen-bond acceptors (Lipinski definition) is 2. The second-order valence-electron chi connectivity index (χ2n) is 5.72. The van der Waals surface area contributed by atoms with Crippen LogP contribution < -0.4 is 10.1 Å². The van der Waals surface area contributed by atoms with Gasteiger partial charge in [-0.05, 0) is 49.8 Å². The summed E-state index contributed by atoms with van der Waals surface area (Å²) in [7, 11) is 0. The average molecular weight is 282 g/mol. The van der Waals surface area contributed by atoms with Crippen LogP contribution in [-0.2, 0) is 0 Å². The molecule has 0 spiro atoms. The highest BCUT2D eigenvalue weighted by molar-refractivity contribution is 6.30. The van der Waals surface area contributed by atoms with Crippen LogP contribution in [0, 0.1) is 11.8 Å². The van der Waals surface area contributed by atoms with E-state index in [0.29, 0.717) is 18.6 Å². The third-order valence-corrected chi connectivity index (χ3v) is 4.28. The maximum atomic E-state index is 6.10. The highest BCUT2D eigenvalue weighted by Crippen LogP contribution is 2.34. The van der Waals surface area contributed by atoms with Gasteiger partial charge >= 0.3 is 0 Å². The maximum absolute atomic E-state index is 6.10. The summed E-state index contributed by atoms with van der Waals surface area (Å²) in [6.07, 6.45) is 3.86. The highest BCUT2D eigenvalue weighted by Gasteiger charge is 2.26. The Morgan fingerprint density at radius 2 is 2.11 bits per heavy atom. The zero-order chi connectivity index (χ0) is 13.8. The second kappa shape index (κ2) is 6.51. The van der Waals surface area contributed by atoms with Crippen LogP contribution >= 0.6 is 11.6 Å². The summed E-state index contributed by atoms with van der Waals surface area (Å²) in [5.74, 6) is 2.39. The largest absolute Gasteiger partial charge is 0.492 e. The molecule has 1 aromatic rings. The van der Waals surface area contributed by atoms with Crippen LogP contribution in [0.3, 0.4) is 0 Å². The predicted octanol–water partition coefficient (Wildman–Crippen LogP) is 4.98. The van der Waals surface area contributed by atoms with Gasteiger partial charge in [0.25, 0.3) is 0 Å². The van der Waals surface area contributed by atoms with Gasteiger partial charge in [-0.25, -0.2) is 0 Å². The Morgan fingerprint density at radius 3 is 2.84 bits per heavy atom. The monoisotopic (exact) mass is 281 g/mol. The van der Waals surface area contributed by atoms with E-state index in [1.807, 2.05) is 25.1 Å². The fourth-order valence-corrected chi connectivity index (χ4v) is 3.00. The molecule has 0 amide bonds. The molecule has 106 valence electrons. The Balaban J connectivity index is 2.14. The molecule has 0 radical (unpaired) electrons. The lowest BCUT2D eigenvalue weighted by Gasteiger charge is -2.34. The van der Waals surface area contributed by atoms with E-state index in [9.17, 15) is 0 Å². The Hall–Kier alpha value is -0.890. The van der Waals surface area contributed by atoms with Crippen LogP contribution in [0.5, 0.6) is 5.75 Å². The zero-order valence-corrected chi connectivity index (χ0v) is 12.8. The summed E-state index contributed by atoms with van der Waals surface area (Å²) < 4.78 is 5.67. The molecule has 1 fully saturated rings. The van der Waals surface area contributed by atoms with Gasteiger partial charge < -0.3 is 10.1 Å². The van der Waals surface area contributed by atoms with E-state index in [4.69, 9.17) is 16.3 Å². The van der Waals surface area contributed by atoms with Crippen molar-refractivity contribution in [2.45, 2.75) is 46.1 Å². The lowest BCUT2D eigenvalue weighted by atomic mass is 9.80. The molecule has 3 heteroatoms. The van der Waals surface area contributed by atoms with E-state index in [1.165, 1.54) is 19.3 Å². The van der Waals surface area contributed by atoms with Crippen molar-refractivity contribution < 1.29 is 4.74 Å². The van der Waals surface area contributed by atoms with Crippen LogP contribution in [0.1, 0.15) is 40.0 Å². The molecule has 0 heterocycles. The third kappa shape index (κ3) is 3.79. The summed E-state index contributed by atoms with van der Waals surface area (Å²) in [4.78, 5) is 0. The van der Waals surface area contributed by atoms with E-state index in [-0.39, 0.29) is 0 Å². The lowest BCUT2D eigenvalue weighted by molar-refractivity contribution is 0.279. The van der Waals surface area contributed by atoms with Crippen molar-refractivity contribution in [1.29, 1.82) is 0 Å². The van der Waals surface area contributed by atoms with Crippen molar-refractivity contribution in [3.8, 4) is 5.75 Å². The van der Waals surface area contributed by atoms with Gasteiger partial charge in [-0.1, -0.05) is 31.9 Å². The van der Waals surface area contributed by atoms with Gasteiger partial charge in [-0.2, -0.15) is 0 Å². The van der Waals surface area contributed by atoms with Crippen molar-refractivity contribution in [3.05, 3.63) is 23.2 Å². The SMILES string of the molecule is CCOc1ccc(Cl)cc1NC1CC(C)CCC1C. The smallest absolute Gasteiger partial charge is 0.142 e. The van der Waals surface area contributed by atoms with Gasteiger partial charge in [0.2, 0.25) is 0 Å². The van der Waals surface area contributed by atoms with E-state index in [1.54, 1.807) is 0 Å². The zero-order valence-electron chi connectivity index (χ0n) is 12.1. The van der Waals surface area contributed by atoms with Crippen molar-refractivity contribution in [2.75, 3.05) is 11.9 Å². The Bertz CT molecular complexity index is 421. The summed E-state index contributed by atoms with van der Waals surface area (Å²) in [6.45, 7) is 7.34. The van der Waals surface area contributed by atoms with Crippen LogP contribution in [0.2, 0.25) is 5.02 Å². The number of nitrogens with one attached hydrogen (secondary N) is 1. The molecule has 3 unspecified atom stereocenters. The van der Waals surface area contributed by atoms with Crippen LogP contribution in [0.25, 0.3) is 0 Å². The first kappa shape index (κ1) is 14.5. The molecule has 3 atom stereocenters. The van der Waals surface area contributed by atoms with Crippen LogP contribution in [-0.4, -0.2) is 12.6 Å². The minimum Gasteiger partial charge on any atom is -0.492 e. The van der Waals surface area contributed by atoms with Gasteiger partial charge in [0, 0.05) is 11.1 Å². The van der Waals surface area contributed by atoms with Crippen LogP contribution in [0.4, 0.5) is 5.69 Å². The van der Waals surface area contributed by atoms with E-state index >= 15 is 0 Å². The van der Waals surface area contributed by atoms with E-state index in [2.05, 4.69) is 19.2 Å². The fraction of sp³-hybridized carbons (Fsp3) is 0.625. The molecule has 1 N–H and O–H groups in total. The number of halogens is 1. The summed E-state index contributed by atoms with van der Waals surface area (Å²) in [5, 5.41) is 4.40. The first-order chi connectivity index (χ1) is 9.10. The molecule has 0 aliphatic heterocycles. The van der Waals surface area contributed by atoms with Gasteiger partial charge in [-0.3, -0.25) is 0 Å². The average Bonchev–Trinajstić information content (AvgIpc) is 2.37. The molecule has 1 aromatic carbocycles. The lowest BCUT2D eigenvalue weighted by Crippen LogP contribution is -2.33. The standard InChI is InChI=1S/C16H24ClNO/c1-4-19-16-8-7-13(17)10-15(16)18-14-9-11(2)5-6-12(14)3/h7-8,10-12,14,18H,4-6,9H2,1-3H3. The minimum atomic E-state index is 0.515. The molecule has 0 bridgehead atoms. The fourth-order valence-electron chi connectivity index (χ4n) is 2.83. The molecule has 2 rings (SSSR count). The van der Waals surface area contributed by atoms with Crippen molar-refractivity contribution in [2.24, 2.45) is 11.8 Å². The van der Waals surface area contributed by atoms with E-state index < -0.39 is 0 Å². The maximum Gasteiger partial charge on any atom is 0.142 e. The summed E-state index contributed by atoms with van der Waals surface area (Å²) in [6, 6.07) is 6.32. The number of ether oxygens (including phenoxy) is 1. The molecule has 1 saturated carbocycles. The Morgan fingerprint density at radius 1 is 1.32 bits per heavy atom. The number of anilines is 1. The Labute approximate surface area is 121 Å². The number of benzene rings is 1. The van der Waals surface area contributed by atoms with Crippen molar-refractivity contribution >= 4 is 17.3 Å². The van der Waals surface area contributed by atoms with Gasteiger partial charge in [0.05, 0.1) is 12.3 Å². The molecule has 1 aliphatic carbocycles. The number of hydrogen-bond donors (Lipinski definition) is 1. The van der Waals surface area contributed by atoms with E-state index in [0.717, 1.165) is 22.4 Å². The molecular weight excluding hydrogens is 258 g/mol. The quantitative estimate of drug-likeness (QED) is 0.841. The normalized spacial score (nSPS) is 27.1. The molecule has 1 aliphatic rings.